The molecule has 1 aliphatic rings. The third-order valence-corrected chi connectivity index (χ3v) is 4.86. The van der Waals surface area contributed by atoms with Gasteiger partial charge in [-0.25, -0.2) is 0 Å². The largest absolute Gasteiger partial charge is 0.497 e. The van der Waals surface area contributed by atoms with Crippen LogP contribution < -0.4 is 15.4 Å². The minimum atomic E-state index is -0.899. The molecule has 7 heteroatoms. The van der Waals surface area contributed by atoms with Gasteiger partial charge in [-0.05, 0) is 49.9 Å². The standard InChI is InChI=1S/C20H28N2O5/c1-13-6-4-5-7-17(13)22-19(24)14(2)27-18(23)12-21-20(25)15-8-10-16(26-3)11-9-15/h8-11,13-14,17H,4-7,12H2,1-3H3,(H,21,25)(H,22,24)/t13-,14+,17-/m0/s1. The zero-order chi connectivity index (χ0) is 19.8. The zero-order valence-corrected chi connectivity index (χ0v) is 16.1. The SMILES string of the molecule is COc1ccc(C(=O)NCC(=O)O[C@H](C)C(=O)N[C@H]2CCCC[C@@H]2C)cc1. The molecule has 2 amide bonds. The second-order valence-electron chi connectivity index (χ2n) is 6.92. The van der Waals surface area contributed by atoms with Crippen molar-refractivity contribution in [2.24, 2.45) is 5.92 Å². The molecule has 0 spiro atoms. The number of amides is 2. The van der Waals surface area contributed by atoms with E-state index >= 15 is 0 Å². The molecule has 1 aromatic carbocycles. The topological polar surface area (TPSA) is 93.7 Å². The summed E-state index contributed by atoms with van der Waals surface area (Å²) >= 11 is 0. The summed E-state index contributed by atoms with van der Waals surface area (Å²) in [6, 6.07) is 6.64. The molecule has 0 saturated heterocycles. The lowest BCUT2D eigenvalue weighted by Gasteiger charge is -2.30. The average Bonchev–Trinajstić information content (AvgIpc) is 2.67. The Hall–Kier alpha value is -2.57. The van der Waals surface area contributed by atoms with Crippen LogP contribution >= 0.6 is 0 Å². The predicted molar refractivity (Wildman–Crippen MR) is 100 cm³/mol. The average molecular weight is 376 g/mol. The van der Waals surface area contributed by atoms with Gasteiger partial charge in [-0.15, -0.1) is 0 Å². The number of carbonyl (C=O) groups excluding carboxylic acids is 3. The lowest BCUT2D eigenvalue weighted by molar-refractivity contribution is -0.154. The summed E-state index contributed by atoms with van der Waals surface area (Å²) in [6.45, 7) is 3.35. The van der Waals surface area contributed by atoms with Crippen LogP contribution in [-0.2, 0) is 14.3 Å². The number of hydrogen-bond donors (Lipinski definition) is 2. The number of methoxy groups -OCH3 is 1. The Morgan fingerprint density at radius 1 is 1.15 bits per heavy atom. The van der Waals surface area contributed by atoms with Crippen LogP contribution in [-0.4, -0.2) is 43.6 Å². The summed E-state index contributed by atoms with van der Waals surface area (Å²) in [4.78, 5) is 36.2. The van der Waals surface area contributed by atoms with Crippen LogP contribution in [0.1, 0.15) is 49.9 Å². The molecular formula is C20H28N2O5. The number of rotatable bonds is 7. The van der Waals surface area contributed by atoms with Crippen molar-refractivity contribution in [3.8, 4) is 5.75 Å². The van der Waals surface area contributed by atoms with Crippen LogP contribution in [0.25, 0.3) is 0 Å². The van der Waals surface area contributed by atoms with Crippen molar-refractivity contribution in [3.63, 3.8) is 0 Å². The van der Waals surface area contributed by atoms with Crippen molar-refractivity contribution in [3.05, 3.63) is 29.8 Å². The predicted octanol–water partition coefficient (Wildman–Crippen LogP) is 2.05. The third kappa shape index (κ3) is 6.27. The van der Waals surface area contributed by atoms with Gasteiger partial charge in [0.15, 0.2) is 6.10 Å². The van der Waals surface area contributed by atoms with Crippen LogP contribution in [0.3, 0.4) is 0 Å². The smallest absolute Gasteiger partial charge is 0.326 e. The van der Waals surface area contributed by atoms with E-state index in [1.54, 1.807) is 24.3 Å². The van der Waals surface area contributed by atoms with Gasteiger partial charge in [0, 0.05) is 11.6 Å². The molecule has 1 fully saturated rings. The maximum atomic E-state index is 12.2. The fraction of sp³-hybridized carbons (Fsp3) is 0.550. The van der Waals surface area contributed by atoms with Gasteiger partial charge in [-0.1, -0.05) is 19.8 Å². The molecule has 0 heterocycles. The Morgan fingerprint density at radius 2 is 1.81 bits per heavy atom. The van der Waals surface area contributed by atoms with Gasteiger partial charge >= 0.3 is 5.97 Å². The summed E-state index contributed by atoms with van der Waals surface area (Å²) in [7, 11) is 1.54. The first-order chi connectivity index (χ1) is 12.9. The number of nitrogens with one attached hydrogen (secondary N) is 2. The van der Waals surface area contributed by atoms with Crippen molar-refractivity contribution < 1.29 is 23.9 Å². The zero-order valence-electron chi connectivity index (χ0n) is 16.1. The Balaban J connectivity index is 1.75. The second-order valence-corrected chi connectivity index (χ2v) is 6.92. The van der Waals surface area contributed by atoms with E-state index in [-0.39, 0.29) is 18.5 Å². The van der Waals surface area contributed by atoms with Crippen molar-refractivity contribution in [1.29, 1.82) is 0 Å². The highest BCUT2D eigenvalue weighted by molar-refractivity contribution is 5.96. The third-order valence-electron chi connectivity index (χ3n) is 4.86. The van der Waals surface area contributed by atoms with Crippen LogP contribution in [0.2, 0.25) is 0 Å². The molecule has 0 aliphatic heterocycles. The molecule has 2 rings (SSSR count). The molecule has 27 heavy (non-hydrogen) atoms. The molecule has 0 aromatic heterocycles. The maximum Gasteiger partial charge on any atom is 0.326 e. The quantitative estimate of drug-likeness (QED) is 0.711. The maximum absolute atomic E-state index is 12.2. The van der Waals surface area contributed by atoms with Gasteiger partial charge in [-0.2, -0.15) is 0 Å². The summed E-state index contributed by atoms with van der Waals surface area (Å²) in [5, 5.41) is 5.44. The van der Waals surface area contributed by atoms with Gasteiger partial charge in [0.25, 0.3) is 11.8 Å². The number of ether oxygens (including phenoxy) is 2. The van der Waals surface area contributed by atoms with E-state index in [9.17, 15) is 14.4 Å². The molecule has 0 unspecified atom stereocenters. The molecule has 7 nitrogen and oxygen atoms in total. The van der Waals surface area contributed by atoms with Crippen LogP contribution in [0, 0.1) is 5.92 Å². The van der Waals surface area contributed by atoms with E-state index < -0.39 is 18.0 Å². The Morgan fingerprint density at radius 3 is 2.44 bits per heavy atom. The molecule has 0 bridgehead atoms. The minimum Gasteiger partial charge on any atom is -0.497 e. The van der Waals surface area contributed by atoms with E-state index in [1.165, 1.54) is 20.5 Å². The first-order valence-corrected chi connectivity index (χ1v) is 9.32. The first kappa shape index (κ1) is 20.7. The lowest BCUT2D eigenvalue weighted by Crippen LogP contribution is -2.46. The highest BCUT2D eigenvalue weighted by Crippen LogP contribution is 2.23. The Kier molecular flexibility index (Phi) is 7.64. The number of benzene rings is 1. The van der Waals surface area contributed by atoms with Gasteiger partial charge in [0.05, 0.1) is 7.11 Å². The molecule has 3 atom stereocenters. The van der Waals surface area contributed by atoms with Crippen LogP contribution in [0.15, 0.2) is 24.3 Å². The van der Waals surface area contributed by atoms with E-state index in [2.05, 4.69) is 17.6 Å². The number of carbonyl (C=O) groups is 3. The van der Waals surface area contributed by atoms with Crippen molar-refractivity contribution >= 4 is 17.8 Å². The summed E-state index contributed by atoms with van der Waals surface area (Å²) in [6.07, 6.45) is 3.43. The van der Waals surface area contributed by atoms with E-state index in [0.717, 1.165) is 19.3 Å². The van der Waals surface area contributed by atoms with Crippen molar-refractivity contribution in [1.82, 2.24) is 10.6 Å². The Bertz CT molecular complexity index is 659. The van der Waals surface area contributed by atoms with Crippen molar-refractivity contribution in [2.75, 3.05) is 13.7 Å². The molecular weight excluding hydrogens is 348 g/mol. The van der Waals surface area contributed by atoms with Gasteiger partial charge in [0.1, 0.15) is 12.3 Å². The van der Waals surface area contributed by atoms with Gasteiger partial charge in [-0.3, -0.25) is 14.4 Å². The van der Waals surface area contributed by atoms with E-state index in [4.69, 9.17) is 9.47 Å². The molecule has 0 radical (unpaired) electrons. The second kappa shape index (κ2) is 9.94. The van der Waals surface area contributed by atoms with Gasteiger partial charge in [0.2, 0.25) is 0 Å². The molecule has 1 aromatic rings. The van der Waals surface area contributed by atoms with E-state index in [1.807, 2.05) is 0 Å². The molecule has 2 N–H and O–H groups in total. The monoisotopic (exact) mass is 376 g/mol. The van der Waals surface area contributed by atoms with Crippen LogP contribution in [0.5, 0.6) is 5.75 Å². The Labute approximate surface area is 159 Å². The number of hydrogen-bond acceptors (Lipinski definition) is 5. The first-order valence-electron chi connectivity index (χ1n) is 9.32. The molecule has 148 valence electrons. The van der Waals surface area contributed by atoms with Gasteiger partial charge < -0.3 is 20.1 Å². The molecule has 1 aliphatic carbocycles. The lowest BCUT2D eigenvalue weighted by atomic mass is 9.86. The van der Waals surface area contributed by atoms with Crippen molar-refractivity contribution in [2.45, 2.75) is 51.7 Å². The highest BCUT2D eigenvalue weighted by Gasteiger charge is 2.26. The number of esters is 1. The minimum absolute atomic E-state index is 0.127. The molecule has 1 saturated carbocycles. The van der Waals surface area contributed by atoms with E-state index in [0.29, 0.717) is 17.2 Å². The summed E-state index contributed by atoms with van der Waals surface area (Å²) in [5.41, 5.74) is 0.403. The fourth-order valence-corrected chi connectivity index (χ4v) is 3.12. The highest BCUT2D eigenvalue weighted by atomic mass is 16.5. The van der Waals surface area contributed by atoms with Crippen LogP contribution in [0.4, 0.5) is 0 Å². The fourth-order valence-electron chi connectivity index (χ4n) is 3.12. The summed E-state index contributed by atoms with van der Waals surface area (Å²) < 4.78 is 10.2. The summed E-state index contributed by atoms with van der Waals surface area (Å²) in [5.74, 6) is -0.296. The normalized spacial score (nSPS) is 20.3.